The van der Waals surface area contributed by atoms with Crippen LogP contribution < -0.4 is 5.32 Å². The van der Waals surface area contributed by atoms with Crippen molar-refractivity contribution in [2.45, 2.75) is 32.6 Å². The second kappa shape index (κ2) is 10.6. The van der Waals surface area contributed by atoms with E-state index in [9.17, 15) is 5.11 Å². The van der Waals surface area contributed by atoms with E-state index in [0.717, 1.165) is 15.6 Å². The largest absolute Gasteiger partial charge is 0.389 e. The molecule has 0 aliphatic carbocycles. The Labute approximate surface area is 179 Å². The van der Waals surface area contributed by atoms with Crippen LogP contribution in [0.4, 0.5) is 0 Å². The molecule has 154 valence electrons. The minimum Gasteiger partial charge on any atom is -0.389 e. The summed E-state index contributed by atoms with van der Waals surface area (Å²) in [5, 5.41) is 17.7. The second-order valence-electron chi connectivity index (χ2n) is 7.25. The number of aliphatic hydroxyl groups is 1. The molecule has 0 aliphatic rings. The first-order chi connectivity index (χ1) is 14.0. The average Bonchev–Trinajstić information content (AvgIpc) is 3.19. The Balaban J connectivity index is 1.53. The van der Waals surface area contributed by atoms with Gasteiger partial charge in [-0.15, -0.1) is 0 Å². The molecule has 29 heavy (non-hydrogen) atoms. The number of ether oxygens (including phenoxy) is 1. The number of nitrogens with one attached hydrogen (secondary N) is 1. The monoisotopic (exact) mass is 459 g/mol. The number of halogens is 1. The van der Waals surface area contributed by atoms with E-state index in [2.05, 4.69) is 45.2 Å². The SMILES string of the molecule is CC(C)C(NCC(O)COCc1ccccc1)c1nc(-c2ccc(Br)cc2)no1. The number of hydrogen-bond acceptors (Lipinski definition) is 6. The van der Waals surface area contributed by atoms with Gasteiger partial charge >= 0.3 is 0 Å². The van der Waals surface area contributed by atoms with E-state index in [1.807, 2.05) is 54.6 Å². The topological polar surface area (TPSA) is 80.4 Å². The fourth-order valence-electron chi connectivity index (χ4n) is 2.89. The highest BCUT2D eigenvalue weighted by Gasteiger charge is 2.23. The Morgan fingerprint density at radius 2 is 1.83 bits per heavy atom. The molecule has 0 saturated carbocycles. The number of nitrogens with zero attached hydrogens (tertiary/aromatic N) is 2. The van der Waals surface area contributed by atoms with Crippen molar-refractivity contribution in [1.29, 1.82) is 0 Å². The summed E-state index contributed by atoms with van der Waals surface area (Å²) in [6.45, 7) is 5.24. The third-order valence-electron chi connectivity index (χ3n) is 4.47. The van der Waals surface area contributed by atoms with Crippen molar-refractivity contribution in [3.8, 4) is 11.4 Å². The lowest BCUT2D eigenvalue weighted by atomic mass is 10.0. The van der Waals surface area contributed by atoms with Crippen molar-refractivity contribution in [1.82, 2.24) is 15.5 Å². The quantitative estimate of drug-likeness (QED) is 0.468. The molecule has 0 amide bonds. The van der Waals surface area contributed by atoms with Crippen molar-refractivity contribution in [3.05, 3.63) is 70.5 Å². The summed E-state index contributed by atoms with van der Waals surface area (Å²) in [6, 6.07) is 17.5. The first-order valence-electron chi connectivity index (χ1n) is 9.65. The maximum absolute atomic E-state index is 10.3. The van der Waals surface area contributed by atoms with Crippen LogP contribution >= 0.6 is 15.9 Å². The summed E-state index contributed by atoms with van der Waals surface area (Å²) in [5.41, 5.74) is 1.97. The van der Waals surface area contributed by atoms with Crippen LogP contribution in [0.2, 0.25) is 0 Å². The molecule has 2 unspecified atom stereocenters. The first kappa shape index (κ1) is 21.6. The molecule has 0 fully saturated rings. The molecule has 3 rings (SSSR count). The molecule has 1 aromatic heterocycles. The average molecular weight is 460 g/mol. The van der Waals surface area contributed by atoms with Gasteiger partial charge in [0, 0.05) is 16.6 Å². The zero-order valence-corrected chi connectivity index (χ0v) is 18.2. The number of aliphatic hydroxyl groups excluding tert-OH is 1. The highest BCUT2D eigenvalue weighted by atomic mass is 79.9. The normalized spacial score (nSPS) is 13.6. The molecule has 2 N–H and O–H groups in total. The van der Waals surface area contributed by atoms with Crippen molar-refractivity contribution in [3.63, 3.8) is 0 Å². The number of hydrogen-bond donors (Lipinski definition) is 2. The number of benzene rings is 2. The minimum absolute atomic E-state index is 0.157. The molecule has 0 radical (unpaired) electrons. The van der Waals surface area contributed by atoms with Gasteiger partial charge in [0.25, 0.3) is 0 Å². The van der Waals surface area contributed by atoms with Gasteiger partial charge in [-0.1, -0.05) is 65.3 Å². The predicted octanol–water partition coefficient (Wildman–Crippen LogP) is 4.36. The van der Waals surface area contributed by atoms with Crippen molar-refractivity contribution in [2.24, 2.45) is 5.92 Å². The zero-order valence-electron chi connectivity index (χ0n) is 16.6. The molecule has 2 atom stereocenters. The van der Waals surface area contributed by atoms with Gasteiger partial charge in [-0.25, -0.2) is 0 Å². The maximum atomic E-state index is 10.3. The van der Waals surface area contributed by atoms with Crippen LogP contribution in [-0.4, -0.2) is 34.5 Å². The first-order valence-corrected chi connectivity index (χ1v) is 10.4. The number of rotatable bonds is 10. The highest BCUT2D eigenvalue weighted by Crippen LogP contribution is 2.24. The van der Waals surface area contributed by atoms with E-state index in [1.54, 1.807) is 0 Å². The molecular formula is C22H26BrN3O3. The van der Waals surface area contributed by atoms with E-state index in [4.69, 9.17) is 9.26 Å². The minimum atomic E-state index is -0.631. The van der Waals surface area contributed by atoms with Gasteiger partial charge in [-0.05, 0) is 35.7 Å². The Kier molecular flexibility index (Phi) is 7.94. The van der Waals surface area contributed by atoms with Crippen molar-refractivity contribution in [2.75, 3.05) is 13.2 Å². The molecule has 0 spiro atoms. The lowest BCUT2D eigenvalue weighted by Crippen LogP contribution is -2.35. The van der Waals surface area contributed by atoms with Crippen LogP contribution in [0.25, 0.3) is 11.4 Å². The Bertz CT molecular complexity index is 869. The van der Waals surface area contributed by atoms with Gasteiger partial charge in [0.15, 0.2) is 0 Å². The van der Waals surface area contributed by atoms with Gasteiger partial charge in [0.1, 0.15) is 0 Å². The third kappa shape index (κ3) is 6.47. The predicted molar refractivity (Wildman–Crippen MR) is 115 cm³/mol. The van der Waals surface area contributed by atoms with Crippen molar-refractivity contribution < 1.29 is 14.4 Å². The van der Waals surface area contributed by atoms with Crippen LogP contribution in [0.3, 0.4) is 0 Å². The maximum Gasteiger partial charge on any atom is 0.244 e. The van der Waals surface area contributed by atoms with E-state index >= 15 is 0 Å². The second-order valence-corrected chi connectivity index (χ2v) is 8.16. The van der Waals surface area contributed by atoms with Gasteiger partial charge in [0.05, 0.1) is 25.4 Å². The fraction of sp³-hybridized carbons (Fsp3) is 0.364. The Morgan fingerprint density at radius 1 is 1.10 bits per heavy atom. The van der Waals surface area contributed by atoms with Crippen molar-refractivity contribution >= 4 is 15.9 Å². The summed E-state index contributed by atoms with van der Waals surface area (Å²) in [6.07, 6.45) is -0.631. The van der Waals surface area contributed by atoms with E-state index in [-0.39, 0.29) is 18.6 Å². The van der Waals surface area contributed by atoms with E-state index in [0.29, 0.717) is 24.9 Å². The third-order valence-corrected chi connectivity index (χ3v) is 5.00. The number of aromatic nitrogens is 2. The molecule has 3 aromatic rings. The molecule has 0 aliphatic heterocycles. The Morgan fingerprint density at radius 3 is 2.52 bits per heavy atom. The van der Waals surface area contributed by atoms with Crippen LogP contribution in [0, 0.1) is 5.92 Å². The molecule has 6 nitrogen and oxygen atoms in total. The van der Waals surface area contributed by atoms with Crippen LogP contribution in [0.1, 0.15) is 31.3 Å². The fourth-order valence-corrected chi connectivity index (χ4v) is 3.16. The van der Waals surface area contributed by atoms with Crippen LogP contribution in [-0.2, 0) is 11.3 Å². The lowest BCUT2D eigenvalue weighted by Gasteiger charge is -2.20. The van der Waals surface area contributed by atoms with Gasteiger partial charge in [0.2, 0.25) is 11.7 Å². The van der Waals surface area contributed by atoms with Crippen LogP contribution in [0.15, 0.2) is 63.6 Å². The van der Waals surface area contributed by atoms with E-state index < -0.39 is 6.10 Å². The highest BCUT2D eigenvalue weighted by molar-refractivity contribution is 9.10. The lowest BCUT2D eigenvalue weighted by molar-refractivity contribution is 0.0262. The molecule has 0 bridgehead atoms. The summed E-state index contributed by atoms with van der Waals surface area (Å²) in [4.78, 5) is 4.54. The van der Waals surface area contributed by atoms with Gasteiger partial charge in [-0.2, -0.15) is 4.98 Å². The molecule has 2 aromatic carbocycles. The molecule has 1 heterocycles. The van der Waals surface area contributed by atoms with Crippen LogP contribution in [0.5, 0.6) is 0 Å². The van der Waals surface area contributed by atoms with Gasteiger partial charge < -0.3 is 19.7 Å². The zero-order chi connectivity index (χ0) is 20.6. The molecule has 0 saturated heterocycles. The summed E-state index contributed by atoms with van der Waals surface area (Å²) < 4.78 is 12.1. The standard InChI is InChI=1S/C22H26BrN3O3/c1-15(2)20(22-25-21(26-29-22)17-8-10-18(23)11-9-17)24-12-19(27)14-28-13-16-6-4-3-5-7-16/h3-11,15,19-20,24,27H,12-14H2,1-2H3. The molecular weight excluding hydrogens is 434 g/mol. The Hall–Kier alpha value is -2.06. The smallest absolute Gasteiger partial charge is 0.244 e. The summed E-state index contributed by atoms with van der Waals surface area (Å²) in [5.74, 6) is 1.27. The molecule has 7 heteroatoms. The summed E-state index contributed by atoms with van der Waals surface area (Å²) >= 11 is 3.42. The van der Waals surface area contributed by atoms with Gasteiger partial charge in [-0.3, -0.25) is 0 Å². The summed E-state index contributed by atoms with van der Waals surface area (Å²) in [7, 11) is 0. The van der Waals surface area contributed by atoms with E-state index in [1.165, 1.54) is 0 Å².